The quantitative estimate of drug-likeness (QED) is 0.736. The van der Waals surface area contributed by atoms with Crippen molar-refractivity contribution in [2.75, 3.05) is 13.4 Å². The zero-order valence-corrected chi connectivity index (χ0v) is 11.1. The van der Waals surface area contributed by atoms with Gasteiger partial charge in [-0.2, -0.15) is 5.10 Å². The van der Waals surface area contributed by atoms with Gasteiger partial charge in [-0.1, -0.05) is 0 Å². The summed E-state index contributed by atoms with van der Waals surface area (Å²) in [6.07, 6.45) is 3.78. The van der Waals surface area contributed by atoms with Crippen molar-refractivity contribution in [3.05, 3.63) is 12.4 Å². The van der Waals surface area contributed by atoms with Crippen molar-refractivity contribution in [1.29, 1.82) is 0 Å². The van der Waals surface area contributed by atoms with Crippen LogP contribution in [0.2, 0.25) is 0 Å². The van der Waals surface area contributed by atoms with Crippen molar-refractivity contribution in [3.63, 3.8) is 0 Å². The van der Waals surface area contributed by atoms with E-state index in [1.54, 1.807) is 13.8 Å². The van der Waals surface area contributed by atoms with Gasteiger partial charge in [0.2, 0.25) is 0 Å². The van der Waals surface area contributed by atoms with E-state index in [0.29, 0.717) is 0 Å². The summed E-state index contributed by atoms with van der Waals surface area (Å²) in [4.78, 5) is 11.6. The van der Waals surface area contributed by atoms with Crippen LogP contribution in [-0.2, 0) is 25.9 Å². The molecule has 0 N–H and O–H groups in total. The van der Waals surface area contributed by atoms with Gasteiger partial charge in [-0.25, -0.2) is 8.42 Å². The average molecular weight is 260 g/mol. The fourth-order valence-electron chi connectivity index (χ4n) is 1.37. The Morgan fingerprint density at radius 2 is 2.12 bits per heavy atom. The summed E-state index contributed by atoms with van der Waals surface area (Å²) in [5.41, 5.74) is -0.754. The van der Waals surface area contributed by atoms with Crippen LogP contribution in [-0.4, -0.2) is 37.5 Å². The predicted octanol–water partition coefficient (Wildman–Crippen LogP) is 0.486. The fraction of sp³-hybridized carbons (Fsp3) is 0.600. The lowest BCUT2D eigenvalue weighted by molar-refractivity contribution is -0.151. The Balaban J connectivity index is 2.91. The Bertz CT molecular complexity index is 516. The normalized spacial score (nSPS) is 12.5. The number of hydrogen-bond donors (Lipinski definition) is 0. The van der Waals surface area contributed by atoms with E-state index in [1.165, 1.54) is 24.2 Å². The Morgan fingerprint density at radius 1 is 1.53 bits per heavy atom. The smallest absolute Gasteiger partial charge is 0.313 e. The second-order valence-electron chi connectivity index (χ2n) is 4.52. The van der Waals surface area contributed by atoms with E-state index in [-0.39, 0.29) is 17.4 Å². The summed E-state index contributed by atoms with van der Waals surface area (Å²) in [6.45, 7) is 3.68. The minimum atomic E-state index is -3.26. The van der Waals surface area contributed by atoms with E-state index >= 15 is 0 Å². The number of ether oxygens (including phenoxy) is 1. The van der Waals surface area contributed by atoms with Crippen LogP contribution in [0.15, 0.2) is 17.3 Å². The van der Waals surface area contributed by atoms with Crippen LogP contribution in [0.25, 0.3) is 0 Å². The molecule has 1 rings (SSSR count). The van der Waals surface area contributed by atoms with Crippen LogP contribution in [0.5, 0.6) is 0 Å². The van der Waals surface area contributed by atoms with Crippen LogP contribution < -0.4 is 0 Å². The molecule has 0 spiro atoms. The number of sulfone groups is 1. The predicted molar refractivity (Wildman–Crippen MR) is 61.1 cm³/mol. The molecule has 1 aromatic heterocycles. The first-order valence-corrected chi connectivity index (χ1v) is 6.87. The van der Waals surface area contributed by atoms with Crippen molar-refractivity contribution in [2.24, 2.45) is 5.41 Å². The van der Waals surface area contributed by atoms with Crippen LogP contribution in [0.4, 0.5) is 0 Å². The average Bonchev–Trinajstić information content (AvgIpc) is 2.63. The fourth-order valence-corrected chi connectivity index (χ4v) is 1.92. The van der Waals surface area contributed by atoms with E-state index in [9.17, 15) is 13.2 Å². The first kappa shape index (κ1) is 13.7. The maximum absolute atomic E-state index is 11.5. The second-order valence-corrected chi connectivity index (χ2v) is 6.54. The molecule has 1 aromatic rings. The molecule has 17 heavy (non-hydrogen) atoms. The third kappa shape index (κ3) is 3.29. The number of rotatable bonds is 4. The van der Waals surface area contributed by atoms with Gasteiger partial charge in [-0.05, 0) is 13.8 Å². The van der Waals surface area contributed by atoms with Gasteiger partial charge in [0, 0.05) is 12.5 Å². The van der Waals surface area contributed by atoms with Gasteiger partial charge in [0.05, 0.1) is 25.3 Å². The highest BCUT2D eigenvalue weighted by molar-refractivity contribution is 7.90. The molecular weight excluding hydrogens is 244 g/mol. The summed E-state index contributed by atoms with van der Waals surface area (Å²) < 4.78 is 28.6. The molecule has 0 unspecified atom stereocenters. The topological polar surface area (TPSA) is 78.3 Å². The molecule has 0 radical (unpaired) electrons. The highest BCUT2D eigenvalue weighted by atomic mass is 32.2. The Labute approximate surface area is 100 Å². The molecular formula is C10H16N2O4S. The number of aromatic nitrogens is 2. The summed E-state index contributed by atoms with van der Waals surface area (Å²) in [5, 5.41) is 3.91. The monoisotopic (exact) mass is 260 g/mol. The summed E-state index contributed by atoms with van der Waals surface area (Å²) in [5.74, 6) is -0.367. The lowest BCUT2D eigenvalue weighted by atomic mass is 9.94. The van der Waals surface area contributed by atoms with Gasteiger partial charge in [0.15, 0.2) is 9.84 Å². The Morgan fingerprint density at radius 3 is 2.53 bits per heavy atom. The van der Waals surface area contributed by atoms with Gasteiger partial charge in [0.25, 0.3) is 0 Å². The molecule has 0 saturated carbocycles. The molecule has 0 saturated heterocycles. The molecule has 1 heterocycles. The van der Waals surface area contributed by atoms with Gasteiger partial charge >= 0.3 is 5.97 Å². The highest BCUT2D eigenvalue weighted by Crippen LogP contribution is 2.20. The summed E-state index contributed by atoms with van der Waals surface area (Å²) >= 11 is 0. The number of carbonyl (C=O) groups excluding carboxylic acids is 1. The van der Waals surface area contributed by atoms with Gasteiger partial charge in [-0.15, -0.1) is 0 Å². The molecule has 7 heteroatoms. The van der Waals surface area contributed by atoms with Crippen molar-refractivity contribution >= 4 is 15.8 Å². The number of nitrogens with zero attached hydrogens (tertiary/aromatic N) is 2. The molecule has 6 nitrogen and oxygen atoms in total. The van der Waals surface area contributed by atoms with E-state index in [2.05, 4.69) is 9.84 Å². The third-order valence-corrected chi connectivity index (χ3v) is 3.40. The molecule has 0 atom stereocenters. The molecule has 0 fully saturated rings. The highest BCUT2D eigenvalue weighted by Gasteiger charge is 2.29. The van der Waals surface area contributed by atoms with Gasteiger partial charge in [-0.3, -0.25) is 9.48 Å². The molecule has 0 aromatic carbocycles. The second kappa shape index (κ2) is 4.48. The van der Waals surface area contributed by atoms with Crippen molar-refractivity contribution in [1.82, 2.24) is 9.78 Å². The number of carbonyl (C=O) groups is 1. The third-order valence-electron chi connectivity index (χ3n) is 2.33. The first-order valence-electron chi connectivity index (χ1n) is 4.98. The van der Waals surface area contributed by atoms with E-state index < -0.39 is 15.3 Å². The van der Waals surface area contributed by atoms with E-state index in [4.69, 9.17) is 0 Å². The molecule has 96 valence electrons. The molecule has 0 aliphatic rings. The zero-order valence-electron chi connectivity index (χ0n) is 10.3. The van der Waals surface area contributed by atoms with Gasteiger partial charge in [0.1, 0.15) is 4.90 Å². The summed E-state index contributed by atoms with van der Waals surface area (Å²) in [6, 6.07) is 0. The Hall–Kier alpha value is -1.37. The Kier molecular flexibility index (Phi) is 3.61. The number of hydrogen-bond acceptors (Lipinski definition) is 5. The molecule has 0 bridgehead atoms. The van der Waals surface area contributed by atoms with E-state index in [0.717, 1.165) is 6.26 Å². The van der Waals surface area contributed by atoms with Crippen LogP contribution in [0.3, 0.4) is 0 Å². The summed E-state index contributed by atoms with van der Waals surface area (Å²) in [7, 11) is -1.95. The molecule has 0 aliphatic carbocycles. The maximum Gasteiger partial charge on any atom is 0.313 e. The maximum atomic E-state index is 11.5. The minimum absolute atomic E-state index is 0.137. The van der Waals surface area contributed by atoms with Crippen LogP contribution in [0, 0.1) is 5.41 Å². The van der Waals surface area contributed by atoms with Crippen molar-refractivity contribution in [3.8, 4) is 0 Å². The minimum Gasteiger partial charge on any atom is -0.469 e. The standard InChI is InChI=1S/C10H16N2O4S/c1-10(2,9(13)16-3)7-12-6-8(5-11-12)17(4,14)15/h5-6H,7H2,1-4H3. The molecule has 0 amide bonds. The molecule has 0 aliphatic heterocycles. The first-order chi connectivity index (χ1) is 7.66. The number of esters is 1. The lowest BCUT2D eigenvalue weighted by Gasteiger charge is -2.20. The SMILES string of the molecule is COC(=O)C(C)(C)Cn1cc(S(C)(=O)=O)cn1. The van der Waals surface area contributed by atoms with Crippen LogP contribution >= 0.6 is 0 Å². The largest absolute Gasteiger partial charge is 0.469 e. The number of methoxy groups -OCH3 is 1. The van der Waals surface area contributed by atoms with E-state index in [1.807, 2.05) is 0 Å². The zero-order chi connectivity index (χ0) is 13.3. The van der Waals surface area contributed by atoms with Gasteiger partial charge < -0.3 is 4.74 Å². The lowest BCUT2D eigenvalue weighted by Crippen LogP contribution is -2.30. The van der Waals surface area contributed by atoms with Crippen LogP contribution in [0.1, 0.15) is 13.8 Å². The van der Waals surface area contributed by atoms with Crippen molar-refractivity contribution in [2.45, 2.75) is 25.3 Å². The van der Waals surface area contributed by atoms with Crippen molar-refractivity contribution < 1.29 is 17.9 Å².